The lowest BCUT2D eigenvalue weighted by molar-refractivity contribution is 0.544. The molecule has 0 heterocycles. The highest BCUT2D eigenvalue weighted by atomic mass is 29.3. The lowest BCUT2D eigenvalue weighted by Crippen LogP contribution is -2.76. The van der Waals surface area contributed by atoms with Crippen LogP contribution in [0.15, 0.2) is 0 Å². The van der Waals surface area contributed by atoms with Gasteiger partial charge in [-0.15, -0.1) is 0 Å². The van der Waals surface area contributed by atoms with Crippen molar-refractivity contribution in [3.63, 3.8) is 0 Å². The first-order chi connectivity index (χ1) is 8.25. The van der Waals surface area contributed by atoms with Gasteiger partial charge < -0.3 is 0 Å². The van der Waals surface area contributed by atoms with E-state index in [0.29, 0.717) is 20.2 Å². The van der Waals surface area contributed by atoms with Gasteiger partial charge in [-0.25, -0.2) is 0 Å². The average molecular weight is 315 g/mol. The van der Waals surface area contributed by atoms with Gasteiger partial charge in [-0.3, -0.25) is 0 Å². The summed E-state index contributed by atoms with van der Waals surface area (Å²) in [5, 5.41) is 1.72. The largest absolute Gasteiger partial charge is 0.0708 e. The molecular weight excluding hydrogens is 272 g/mol. The lowest BCUT2D eigenvalue weighted by Gasteiger charge is -2.69. The van der Waals surface area contributed by atoms with Crippen molar-refractivity contribution in [3.05, 3.63) is 0 Å². The average Bonchev–Trinajstić information content (AvgIpc) is 1.89. The second-order valence-corrected chi connectivity index (χ2v) is 28.1. The normalized spacial score (nSPS) is 16.5. The maximum atomic E-state index is 2.70. The monoisotopic (exact) mass is 314 g/mol. The van der Waals surface area contributed by atoms with Crippen LogP contribution in [0.2, 0.25) is 33.2 Å². The predicted molar refractivity (Wildman–Crippen MR) is 102 cm³/mol. The topological polar surface area (TPSA) is 0 Å². The van der Waals surface area contributed by atoms with E-state index >= 15 is 0 Å². The van der Waals surface area contributed by atoms with E-state index in [4.69, 9.17) is 0 Å². The van der Waals surface area contributed by atoms with Crippen LogP contribution in [-0.2, 0) is 0 Å². The molecule has 0 aliphatic carbocycles. The van der Waals surface area contributed by atoms with E-state index in [2.05, 4.69) is 96.2 Å². The van der Waals surface area contributed by atoms with Gasteiger partial charge in [0.2, 0.25) is 0 Å². The third kappa shape index (κ3) is 2.71. The van der Waals surface area contributed by atoms with Gasteiger partial charge >= 0.3 is 0 Å². The first-order valence-corrected chi connectivity index (χ1v) is 14.2. The maximum absolute atomic E-state index is 2.70. The van der Waals surface area contributed by atoms with Crippen molar-refractivity contribution in [1.29, 1.82) is 0 Å². The van der Waals surface area contributed by atoms with Gasteiger partial charge in [0, 0.05) is 7.59 Å². The van der Waals surface area contributed by atoms with Crippen LogP contribution in [0, 0.1) is 0 Å². The Bertz CT molecular complexity index is 302. The quantitative estimate of drug-likeness (QED) is 0.442. The molecule has 122 valence electrons. The van der Waals surface area contributed by atoms with Gasteiger partial charge in [0.15, 0.2) is 0 Å². The summed E-state index contributed by atoms with van der Waals surface area (Å²) in [4.78, 5) is 0. The van der Waals surface area contributed by atoms with E-state index in [1.54, 1.807) is 0 Å². The van der Waals surface area contributed by atoms with E-state index in [0.717, 1.165) is 0 Å². The molecule has 0 aromatic carbocycles. The molecule has 0 unspecified atom stereocenters. The Kier molecular flexibility index (Phi) is 5.08. The Morgan fingerprint density at radius 3 is 0.650 bits per heavy atom. The molecule has 0 saturated heterocycles. The smallest absolute Gasteiger partial charge is 0.0637 e. The second-order valence-electron chi connectivity index (χ2n) is 11.4. The Hall–Kier alpha value is 0.434. The zero-order valence-corrected chi connectivity index (χ0v) is 19.0. The standard InChI is InChI=1S/C18H42Si2/c1-15(2,3)19(13,14)20(16(4,5)6,17(7,8)9)18(10,11)12/h1-14H3. The van der Waals surface area contributed by atoms with Gasteiger partial charge in [-0.05, 0) is 20.2 Å². The number of hydrogen-bond donors (Lipinski definition) is 0. The molecule has 2 heteroatoms. The first-order valence-electron chi connectivity index (χ1n) is 8.25. The molecule has 0 rings (SSSR count). The van der Waals surface area contributed by atoms with Crippen LogP contribution in [-0.4, -0.2) is 15.2 Å². The lowest BCUT2D eigenvalue weighted by atomic mass is 10.2. The number of hydrogen-bond acceptors (Lipinski definition) is 0. The summed E-state index contributed by atoms with van der Waals surface area (Å²) in [6.07, 6.45) is 0. The van der Waals surface area contributed by atoms with Gasteiger partial charge in [-0.1, -0.05) is 96.2 Å². The fraction of sp³-hybridized carbons (Fsp3) is 1.00. The van der Waals surface area contributed by atoms with Crippen molar-refractivity contribution < 1.29 is 0 Å². The molecule has 0 aromatic heterocycles. The summed E-state index contributed by atoms with van der Waals surface area (Å²) in [7, 11) is -3.08. The summed E-state index contributed by atoms with van der Waals surface area (Å²) in [5.74, 6) is 0. The van der Waals surface area contributed by atoms with Crippen molar-refractivity contribution >= 4 is 15.2 Å². The summed E-state index contributed by atoms with van der Waals surface area (Å²) in [5.41, 5.74) is 0. The minimum Gasteiger partial charge on any atom is -0.0708 e. The van der Waals surface area contributed by atoms with Crippen LogP contribution in [0.5, 0.6) is 0 Å². The molecule has 0 amide bonds. The Morgan fingerprint density at radius 1 is 0.400 bits per heavy atom. The molecular formula is C18H42Si2. The highest BCUT2D eigenvalue weighted by Gasteiger charge is 2.69. The van der Waals surface area contributed by atoms with E-state index in [1.165, 1.54) is 0 Å². The van der Waals surface area contributed by atoms with Crippen LogP contribution in [0.3, 0.4) is 0 Å². The molecule has 0 aliphatic rings. The molecule has 0 spiro atoms. The van der Waals surface area contributed by atoms with E-state index in [-0.39, 0.29) is 0 Å². The van der Waals surface area contributed by atoms with Crippen molar-refractivity contribution in [2.45, 2.75) is 116 Å². The molecule has 0 N–H and O–H groups in total. The highest BCUT2D eigenvalue weighted by Crippen LogP contribution is 2.68. The van der Waals surface area contributed by atoms with Gasteiger partial charge in [-0.2, -0.15) is 0 Å². The molecule has 0 atom stereocenters. The van der Waals surface area contributed by atoms with E-state index in [1.807, 2.05) is 0 Å². The van der Waals surface area contributed by atoms with Crippen LogP contribution in [0.1, 0.15) is 83.1 Å². The molecule has 20 heavy (non-hydrogen) atoms. The Labute approximate surface area is 131 Å². The fourth-order valence-electron chi connectivity index (χ4n) is 6.75. The Balaban J connectivity index is 6.83. The van der Waals surface area contributed by atoms with Gasteiger partial charge in [0.25, 0.3) is 0 Å². The molecule has 0 saturated carbocycles. The van der Waals surface area contributed by atoms with Gasteiger partial charge in [0.1, 0.15) is 0 Å². The van der Waals surface area contributed by atoms with Gasteiger partial charge in [0.05, 0.1) is 7.59 Å². The molecule has 0 fully saturated rings. The summed E-state index contributed by atoms with van der Waals surface area (Å²) in [6.45, 7) is 35.7. The minimum absolute atomic E-state index is 0.423. The van der Waals surface area contributed by atoms with Crippen LogP contribution < -0.4 is 0 Å². The molecule has 0 radical (unpaired) electrons. The highest BCUT2D eigenvalue weighted by molar-refractivity contribution is 7.45. The second kappa shape index (κ2) is 4.97. The Morgan fingerprint density at radius 2 is 0.600 bits per heavy atom. The van der Waals surface area contributed by atoms with E-state index < -0.39 is 15.2 Å². The molecule has 0 aromatic rings. The summed E-state index contributed by atoms with van der Waals surface area (Å²) in [6, 6.07) is 0. The van der Waals surface area contributed by atoms with Crippen molar-refractivity contribution in [2.75, 3.05) is 0 Å². The maximum Gasteiger partial charge on any atom is 0.0637 e. The van der Waals surface area contributed by atoms with Crippen LogP contribution in [0.4, 0.5) is 0 Å². The predicted octanol–water partition coefficient (Wildman–Crippen LogP) is 7.42. The summed E-state index contributed by atoms with van der Waals surface area (Å²) >= 11 is 0. The zero-order chi connectivity index (χ0) is 17.0. The minimum atomic E-state index is -1.62. The third-order valence-electron chi connectivity index (χ3n) is 6.19. The van der Waals surface area contributed by atoms with Crippen LogP contribution in [0.25, 0.3) is 0 Å². The molecule has 0 nitrogen and oxygen atoms in total. The van der Waals surface area contributed by atoms with E-state index in [9.17, 15) is 0 Å². The summed E-state index contributed by atoms with van der Waals surface area (Å²) < 4.78 is 0. The number of rotatable bonds is 1. The fourth-order valence-corrected chi connectivity index (χ4v) is 40.5. The first kappa shape index (κ1) is 20.4. The molecule has 0 aliphatic heterocycles. The third-order valence-corrected chi connectivity index (χ3v) is 33.2. The van der Waals surface area contributed by atoms with Crippen LogP contribution >= 0.6 is 0 Å². The molecule has 0 bridgehead atoms. The zero-order valence-electron chi connectivity index (χ0n) is 17.0. The van der Waals surface area contributed by atoms with Crippen molar-refractivity contribution in [2.24, 2.45) is 0 Å². The van der Waals surface area contributed by atoms with Crippen molar-refractivity contribution in [1.82, 2.24) is 0 Å². The van der Waals surface area contributed by atoms with Crippen molar-refractivity contribution in [3.8, 4) is 0 Å². The SMILES string of the molecule is CC(C)(C)[Si](C)(C)[Si](C(C)(C)C)(C(C)(C)C)C(C)(C)C.